The first-order valence-electron chi connectivity index (χ1n) is 8.85. The molecule has 0 saturated carbocycles. The third-order valence-corrected chi connectivity index (χ3v) is 4.97. The molecule has 0 unspecified atom stereocenters. The predicted octanol–water partition coefficient (Wildman–Crippen LogP) is 3.67. The van der Waals surface area contributed by atoms with Gasteiger partial charge in [-0.1, -0.05) is 25.1 Å². The van der Waals surface area contributed by atoms with E-state index in [1.807, 2.05) is 31.3 Å². The number of aromatic nitrogens is 1. The average molecular weight is 488 g/mol. The van der Waals surface area contributed by atoms with Gasteiger partial charge in [-0.3, -0.25) is 4.99 Å². The molecule has 2 aromatic rings. The fourth-order valence-corrected chi connectivity index (χ4v) is 3.32. The predicted molar refractivity (Wildman–Crippen MR) is 121 cm³/mol. The molecule has 0 aliphatic carbocycles. The van der Waals surface area contributed by atoms with Crippen molar-refractivity contribution in [2.75, 3.05) is 26.7 Å². The molecule has 2 rings (SSSR count). The molecule has 0 radical (unpaired) electrons. The van der Waals surface area contributed by atoms with E-state index < -0.39 is 0 Å². The Balaban J connectivity index is 0.00000338. The monoisotopic (exact) mass is 488 g/mol. The summed E-state index contributed by atoms with van der Waals surface area (Å²) >= 11 is 1.79. The van der Waals surface area contributed by atoms with Crippen LogP contribution in [0.1, 0.15) is 29.3 Å². The second-order valence-electron chi connectivity index (χ2n) is 5.54. The summed E-state index contributed by atoms with van der Waals surface area (Å²) < 4.78 is 5.67. The number of aryl methyl sites for hydroxylation is 1. The highest BCUT2D eigenvalue weighted by molar-refractivity contribution is 14.0. The van der Waals surface area contributed by atoms with Crippen LogP contribution in [0.4, 0.5) is 0 Å². The standard InChI is InChI=1S/C19H28N4OS.HI/c1-4-16-14-23-18(25-16)11-13-22-19(20-3)21-12-10-15-8-6-7-9-17(15)24-5-2;/h6-9,14H,4-5,10-13H2,1-3H3,(H2,20,21,22);1H. The molecule has 1 aromatic heterocycles. The number of rotatable bonds is 9. The smallest absolute Gasteiger partial charge is 0.191 e. The minimum Gasteiger partial charge on any atom is -0.494 e. The van der Waals surface area contributed by atoms with Gasteiger partial charge in [0.05, 0.1) is 11.6 Å². The Bertz CT molecular complexity index is 675. The van der Waals surface area contributed by atoms with Crippen LogP contribution in [-0.4, -0.2) is 37.7 Å². The zero-order valence-electron chi connectivity index (χ0n) is 15.7. The average Bonchev–Trinajstić information content (AvgIpc) is 3.10. The minimum atomic E-state index is 0. The number of benzene rings is 1. The summed E-state index contributed by atoms with van der Waals surface area (Å²) in [5, 5.41) is 7.87. The molecule has 0 atom stereocenters. The Labute approximate surface area is 177 Å². The maximum atomic E-state index is 5.67. The molecule has 0 aliphatic heterocycles. The number of nitrogens with one attached hydrogen (secondary N) is 2. The van der Waals surface area contributed by atoms with Crippen molar-refractivity contribution in [3.8, 4) is 5.75 Å². The van der Waals surface area contributed by atoms with Crippen molar-refractivity contribution in [2.45, 2.75) is 33.1 Å². The van der Waals surface area contributed by atoms with Crippen LogP contribution in [0.2, 0.25) is 0 Å². The minimum absolute atomic E-state index is 0. The molecule has 0 bridgehead atoms. The fourth-order valence-electron chi connectivity index (χ4n) is 2.46. The van der Waals surface area contributed by atoms with E-state index in [2.05, 4.69) is 33.6 Å². The van der Waals surface area contributed by atoms with Crippen molar-refractivity contribution in [3.05, 3.63) is 45.9 Å². The van der Waals surface area contributed by atoms with Crippen LogP contribution < -0.4 is 15.4 Å². The number of para-hydroxylation sites is 1. The van der Waals surface area contributed by atoms with Crippen LogP contribution in [0.5, 0.6) is 5.75 Å². The lowest BCUT2D eigenvalue weighted by atomic mass is 10.1. The molecule has 7 heteroatoms. The van der Waals surface area contributed by atoms with Crippen LogP contribution in [0.25, 0.3) is 0 Å². The number of guanidine groups is 1. The van der Waals surface area contributed by atoms with E-state index in [0.29, 0.717) is 6.61 Å². The Hall–Kier alpha value is -1.35. The van der Waals surface area contributed by atoms with Crippen LogP contribution in [-0.2, 0) is 19.3 Å². The van der Waals surface area contributed by atoms with E-state index in [1.165, 1.54) is 15.4 Å². The lowest BCUT2D eigenvalue weighted by Gasteiger charge is -2.13. The normalized spacial score (nSPS) is 11.0. The highest BCUT2D eigenvalue weighted by Gasteiger charge is 2.04. The molecule has 1 heterocycles. The summed E-state index contributed by atoms with van der Waals surface area (Å²) in [6, 6.07) is 8.18. The number of aliphatic imine (C=N–C) groups is 1. The molecule has 144 valence electrons. The number of hydrogen-bond donors (Lipinski definition) is 2. The Morgan fingerprint density at radius 1 is 1.15 bits per heavy atom. The quantitative estimate of drug-likeness (QED) is 0.321. The summed E-state index contributed by atoms with van der Waals surface area (Å²) in [5.41, 5.74) is 1.21. The molecule has 2 N–H and O–H groups in total. The summed E-state index contributed by atoms with van der Waals surface area (Å²) in [4.78, 5) is 10.1. The van der Waals surface area contributed by atoms with E-state index in [0.717, 1.165) is 44.1 Å². The number of nitrogens with zero attached hydrogens (tertiary/aromatic N) is 2. The van der Waals surface area contributed by atoms with E-state index in [4.69, 9.17) is 4.74 Å². The topological polar surface area (TPSA) is 58.5 Å². The van der Waals surface area contributed by atoms with Crippen molar-refractivity contribution in [2.24, 2.45) is 4.99 Å². The summed E-state index contributed by atoms with van der Waals surface area (Å²) in [7, 11) is 1.79. The maximum absolute atomic E-state index is 5.67. The van der Waals surface area contributed by atoms with Crippen LogP contribution in [0, 0.1) is 0 Å². The van der Waals surface area contributed by atoms with Gasteiger partial charge in [0.1, 0.15) is 5.75 Å². The number of hydrogen-bond acceptors (Lipinski definition) is 4. The molecule has 26 heavy (non-hydrogen) atoms. The highest BCUT2D eigenvalue weighted by atomic mass is 127. The van der Waals surface area contributed by atoms with Crippen molar-refractivity contribution >= 4 is 41.3 Å². The SMILES string of the molecule is CCOc1ccccc1CCNC(=NC)NCCc1ncc(CC)s1.I. The first-order valence-corrected chi connectivity index (χ1v) is 9.67. The van der Waals surface area contributed by atoms with Gasteiger partial charge in [0.2, 0.25) is 0 Å². The number of halogens is 1. The first kappa shape index (κ1) is 22.7. The van der Waals surface area contributed by atoms with Crippen LogP contribution >= 0.6 is 35.3 Å². The Morgan fingerprint density at radius 3 is 2.54 bits per heavy atom. The van der Waals surface area contributed by atoms with Crippen LogP contribution in [0.3, 0.4) is 0 Å². The van der Waals surface area contributed by atoms with Crippen molar-refractivity contribution < 1.29 is 4.74 Å². The van der Waals surface area contributed by atoms with E-state index in [9.17, 15) is 0 Å². The molecule has 0 saturated heterocycles. The van der Waals surface area contributed by atoms with Gasteiger partial charge >= 0.3 is 0 Å². The summed E-state index contributed by atoms with van der Waals surface area (Å²) in [6.07, 6.45) is 4.84. The summed E-state index contributed by atoms with van der Waals surface area (Å²) in [5.74, 6) is 1.78. The highest BCUT2D eigenvalue weighted by Crippen LogP contribution is 2.18. The van der Waals surface area contributed by atoms with Crippen molar-refractivity contribution in [1.29, 1.82) is 0 Å². The van der Waals surface area contributed by atoms with Gasteiger partial charge in [0.15, 0.2) is 5.96 Å². The number of ether oxygens (including phenoxy) is 1. The molecule has 0 amide bonds. The lowest BCUT2D eigenvalue weighted by molar-refractivity contribution is 0.336. The third kappa shape index (κ3) is 7.49. The molecule has 0 aliphatic rings. The zero-order chi connectivity index (χ0) is 17.9. The fraction of sp³-hybridized carbons (Fsp3) is 0.474. The van der Waals surface area contributed by atoms with Gasteiger partial charge < -0.3 is 15.4 Å². The molecule has 0 spiro atoms. The Morgan fingerprint density at radius 2 is 1.88 bits per heavy atom. The van der Waals surface area contributed by atoms with Gasteiger partial charge in [-0.25, -0.2) is 4.98 Å². The van der Waals surface area contributed by atoms with E-state index >= 15 is 0 Å². The van der Waals surface area contributed by atoms with E-state index in [-0.39, 0.29) is 24.0 Å². The third-order valence-electron chi connectivity index (χ3n) is 3.76. The zero-order valence-corrected chi connectivity index (χ0v) is 18.9. The van der Waals surface area contributed by atoms with Crippen LogP contribution in [0.15, 0.2) is 35.5 Å². The molecule has 5 nitrogen and oxygen atoms in total. The summed E-state index contributed by atoms with van der Waals surface area (Å²) in [6.45, 7) is 6.48. The second-order valence-corrected chi connectivity index (χ2v) is 6.74. The first-order chi connectivity index (χ1) is 12.3. The Kier molecular flexibility index (Phi) is 11.3. The number of thiazole rings is 1. The lowest BCUT2D eigenvalue weighted by Crippen LogP contribution is -2.39. The molecule has 1 aromatic carbocycles. The van der Waals surface area contributed by atoms with Crippen molar-refractivity contribution in [3.63, 3.8) is 0 Å². The van der Waals surface area contributed by atoms with Gasteiger partial charge in [-0.2, -0.15) is 0 Å². The second kappa shape index (κ2) is 12.9. The molecular weight excluding hydrogens is 459 g/mol. The van der Waals surface area contributed by atoms with Crippen molar-refractivity contribution in [1.82, 2.24) is 15.6 Å². The van der Waals surface area contributed by atoms with Gasteiger partial charge in [-0.05, 0) is 31.4 Å². The van der Waals surface area contributed by atoms with Gasteiger partial charge in [-0.15, -0.1) is 35.3 Å². The molecule has 0 fully saturated rings. The largest absolute Gasteiger partial charge is 0.494 e. The molecular formula is C19H29IN4OS. The van der Waals surface area contributed by atoms with E-state index in [1.54, 1.807) is 18.4 Å². The maximum Gasteiger partial charge on any atom is 0.191 e. The van der Waals surface area contributed by atoms with Gasteiger partial charge in [0, 0.05) is 37.6 Å². The van der Waals surface area contributed by atoms with Gasteiger partial charge in [0.25, 0.3) is 0 Å².